The third-order valence-corrected chi connectivity index (χ3v) is 3.38. The van der Waals surface area contributed by atoms with Gasteiger partial charge < -0.3 is 9.52 Å². The highest BCUT2D eigenvalue weighted by molar-refractivity contribution is 5.85. The normalized spacial score (nSPS) is 13.6. The van der Waals surface area contributed by atoms with E-state index in [1.807, 2.05) is 6.92 Å². The summed E-state index contributed by atoms with van der Waals surface area (Å²) in [7, 11) is 0. The standard InChI is InChI=1S/C14H23NO3/c1-6-7-10-12(13(16)17)18-11(15-10)8-9(2)14(3,4)5/h9H,6-8H2,1-5H3,(H,16,17). The minimum absolute atomic E-state index is 0.00737. The Morgan fingerprint density at radius 3 is 2.50 bits per heavy atom. The Labute approximate surface area is 108 Å². The maximum Gasteiger partial charge on any atom is 0.373 e. The molecule has 0 saturated heterocycles. The van der Waals surface area contributed by atoms with Crippen molar-refractivity contribution in [3.63, 3.8) is 0 Å². The SMILES string of the molecule is CCCc1nc(CC(C)C(C)(C)C)oc1C(=O)O. The van der Waals surface area contributed by atoms with Crippen LogP contribution in [0.3, 0.4) is 0 Å². The summed E-state index contributed by atoms with van der Waals surface area (Å²) >= 11 is 0. The number of hydrogen-bond donors (Lipinski definition) is 1. The fourth-order valence-electron chi connectivity index (χ4n) is 1.63. The Bertz CT molecular complexity index is 415. The first-order chi connectivity index (χ1) is 8.25. The first-order valence-electron chi connectivity index (χ1n) is 6.47. The lowest BCUT2D eigenvalue weighted by atomic mass is 9.80. The van der Waals surface area contributed by atoms with E-state index in [2.05, 4.69) is 32.7 Å². The Hall–Kier alpha value is -1.32. The van der Waals surface area contributed by atoms with Gasteiger partial charge in [-0.2, -0.15) is 0 Å². The van der Waals surface area contributed by atoms with Crippen LogP contribution in [0, 0.1) is 11.3 Å². The second-order valence-corrected chi connectivity index (χ2v) is 5.91. The lowest BCUT2D eigenvalue weighted by Crippen LogP contribution is -2.19. The molecule has 1 atom stereocenters. The summed E-state index contributed by atoms with van der Waals surface area (Å²) in [6, 6.07) is 0. The molecular formula is C14H23NO3. The fourth-order valence-corrected chi connectivity index (χ4v) is 1.63. The van der Waals surface area contributed by atoms with E-state index >= 15 is 0 Å². The molecule has 1 N–H and O–H groups in total. The zero-order chi connectivity index (χ0) is 13.9. The molecule has 4 heteroatoms. The van der Waals surface area contributed by atoms with E-state index < -0.39 is 5.97 Å². The van der Waals surface area contributed by atoms with Gasteiger partial charge in [-0.3, -0.25) is 0 Å². The molecule has 0 aliphatic carbocycles. The number of aryl methyl sites for hydroxylation is 1. The number of oxazole rings is 1. The quantitative estimate of drug-likeness (QED) is 0.871. The number of carboxylic acid groups (broad SMARTS) is 1. The van der Waals surface area contributed by atoms with Crippen molar-refractivity contribution in [2.45, 2.75) is 53.9 Å². The van der Waals surface area contributed by atoms with Crippen LogP contribution < -0.4 is 0 Å². The van der Waals surface area contributed by atoms with Gasteiger partial charge in [0.15, 0.2) is 5.89 Å². The van der Waals surface area contributed by atoms with Gasteiger partial charge in [0, 0.05) is 6.42 Å². The van der Waals surface area contributed by atoms with E-state index in [9.17, 15) is 4.79 Å². The molecule has 18 heavy (non-hydrogen) atoms. The van der Waals surface area contributed by atoms with Crippen LogP contribution in [0.4, 0.5) is 0 Å². The monoisotopic (exact) mass is 253 g/mol. The average molecular weight is 253 g/mol. The van der Waals surface area contributed by atoms with Crippen LogP contribution in [0.5, 0.6) is 0 Å². The third kappa shape index (κ3) is 3.59. The molecule has 1 unspecified atom stereocenters. The van der Waals surface area contributed by atoms with Crippen molar-refractivity contribution in [1.82, 2.24) is 4.98 Å². The van der Waals surface area contributed by atoms with E-state index in [0.29, 0.717) is 30.3 Å². The summed E-state index contributed by atoms with van der Waals surface area (Å²) in [6.07, 6.45) is 2.18. The van der Waals surface area contributed by atoms with Gasteiger partial charge >= 0.3 is 5.97 Å². The van der Waals surface area contributed by atoms with Gasteiger partial charge in [0.05, 0.1) is 5.69 Å². The molecule has 4 nitrogen and oxygen atoms in total. The number of carbonyl (C=O) groups is 1. The molecule has 0 bridgehead atoms. The predicted molar refractivity (Wildman–Crippen MR) is 69.8 cm³/mol. The molecule has 0 amide bonds. The highest BCUT2D eigenvalue weighted by atomic mass is 16.4. The van der Waals surface area contributed by atoms with Crippen molar-refractivity contribution in [2.75, 3.05) is 0 Å². The average Bonchev–Trinajstić information content (AvgIpc) is 2.60. The van der Waals surface area contributed by atoms with Crippen LogP contribution in [0.15, 0.2) is 4.42 Å². The molecule has 102 valence electrons. The van der Waals surface area contributed by atoms with Gasteiger partial charge in [-0.25, -0.2) is 9.78 Å². The zero-order valence-electron chi connectivity index (χ0n) is 11.9. The second kappa shape index (κ2) is 5.55. The number of aromatic carboxylic acids is 1. The number of nitrogens with zero attached hydrogens (tertiary/aromatic N) is 1. The van der Waals surface area contributed by atoms with Crippen LogP contribution in [-0.2, 0) is 12.8 Å². The van der Waals surface area contributed by atoms with Crippen LogP contribution in [0.25, 0.3) is 0 Å². The van der Waals surface area contributed by atoms with E-state index in [1.165, 1.54) is 0 Å². The third-order valence-electron chi connectivity index (χ3n) is 3.38. The second-order valence-electron chi connectivity index (χ2n) is 5.91. The van der Waals surface area contributed by atoms with Gasteiger partial charge in [-0.1, -0.05) is 41.0 Å². The van der Waals surface area contributed by atoms with Crippen molar-refractivity contribution < 1.29 is 14.3 Å². The molecule has 0 saturated carbocycles. The smallest absolute Gasteiger partial charge is 0.373 e. The lowest BCUT2D eigenvalue weighted by molar-refractivity contribution is 0.0657. The van der Waals surface area contributed by atoms with E-state index in [0.717, 1.165) is 6.42 Å². The first-order valence-corrected chi connectivity index (χ1v) is 6.47. The summed E-state index contributed by atoms with van der Waals surface area (Å²) in [5.41, 5.74) is 0.726. The van der Waals surface area contributed by atoms with Crippen molar-refractivity contribution in [3.8, 4) is 0 Å². The number of rotatable bonds is 5. The molecule has 0 aliphatic heterocycles. The largest absolute Gasteiger partial charge is 0.475 e. The maximum atomic E-state index is 11.1. The predicted octanol–water partition coefficient (Wildman–Crippen LogP) is 3.55. The van der Waals surface area contributed by atoms with Crippen LogP contribution in [-0.4, -0.2) is 16.1 Å². The topological polar surface area (TPSA) is 63.3 Å². The van der Waals surface area contributed by atoms with E-state index in [-0.39, 0.29) is 11.2 Å². The van der Waals surface area contributed by atoms with Gasteiger partial charge in [-0.15, -0.1) is 0 Å². The highest BCUT2D eigenvalue weighted by Gasteiger charge is 2.25. The van der Waals surface area contributed by atoms with Crippen LogP contribution in [0.2, 0.25) is 0 Å². The van der Waals surface area contributed by atoms with Gasteiger partial charge in [-0.05, 0) is 17.8 Å². The van der Waals surface area contributed by atoms with Crippen molar-refractivity contribution in [3.05, 3.63) is 17.3 Å². The summed E-state index contributed by atoms with van der Waals surface area (Å²) in [5, 5.41) is 9.07. The van der Waals surface area contributed by atoms with Crippen molar-refractivity contribution in [2.24, 2.45) is 11.3 Å². The van der Waals surface area contributed by atoms with Crippen LogP contribution in [0.1, 0.15) is 63.2 Å². The minimum Gasteiger partial charge on any atom is -0.475 e. The molecule has 0 aromatic carbocycles. The maximum absolute atomic E-state index is 11.1. The molecule has 1 rings (SSSR count). The highest BCUT2D eigenvalue weighted by Crippen LogP contribution is 2.28. The Balaban J connectivity index is 2.91. The van der Waals surface area contributed by atoms with Crippen molar-refractivity contribution >= 4 is 5.97 Å². The summed E-state index contributed by atoms with van der Waals surface area (Å²) in [4.78, 5) is 15.4. The fraction of sp³-hybridized carbons (Fsp3) is 0.714. The Kier molecular flexibility index (Phi) is 4.54. The van der Waals surface area contributed by atoms with E-state index in [1.54, 1.807) is 0 Å². The molecule has 0 aliphatic rings. The number of hydrogen-bond acceptors (Lipinski definition) is 3. The van der Waals surface area contributed by atoms with E-state index in [4.69, 9.17) is 9.52 Å². The Morgan fingerprint density at radius 2 is 2.06 bits per heavy atom. The Morgan fingerprint density at radius 1 is 1.44 bits per heavy atom. The zero-order valence-corrected chi connectivity index (χ0v) is 11.9. The van der Waals surface area contributed by atoms with Crippen LogP contribution >= 0.6 is 0 Å². The summed E-state index contributed by atoms with van der Waals surface area (Å²) in [6.45, 7) is 10.6. The lowest BCUT2D eigenvalue weighted by Gasteiger charge is -2.25. The molecule has 0 radical (unpaired) electrons. The van der Waals surface area contributed by atoms with Crippen molar-refractivity contribution in [1.29, 1.82) is 0 Å². The van der Waals surface area contributed by atoms with Gasteiger partial charge in [0.25, 0.3) is 0 Å². The van der Waals surface area contributed by atoms with Gasteiger partial charge in [0.2, 0.25) is 5.76 Å². The molecule has 1 heterocycles. The summed E-state index contributed by atoms with van der Waals surface area (Å²) in [5.74, 6) is -0.0980. The molecule has 1 aromatic rings. The summed E-state index contributed by atoms with van der Waals surface area (Å²) < 4.78 is 5.38. The first kappa shape index (κ1) is 14.7. The molecule has 1 aromatic heterocycles. The van der Waals surface area contributed by atoms with Gasteiger partial charge in [0.1, 0.15) is 0 Å². The molecule has 0 spiro atoms. The number of carboxylic acids is 1. The molecule has 0 fully saturated rings. The number of aromatic nitrogens is 1. The molecular weight excluding hydrogens is 230 g/mol. The minimum atomic E-state index is -1.03.